The van der Waals surface area contributed by atoms with Crippen LogP contribution in [0, 0.1) is 0 Å². The molecular weight excluding hydrogens is 269 g/mol. The van der Waals surface area contributed by atoms with E-state index >= 15 is 0 Å². The predicted molar refractivity (Wildman–Crippen MR) is 32.7 cm³/mol. The molecule has 0 radical (unpaired) electrons. The molecule has 0 bridgehead atoms. The van der Waals surface area contributed by atoms with Crippen molar-refractivity contribution in [2.75, 3.05) is 0 Å². The van der Waals surface area contributed by atoms with Gasteiger partial charge in [-0.2, -0.15) is 0 Å². The van der Waals surface area contributed by atoms with Crippen molar-refractivity contribution >= 4 is 38.5 Å². The lowest BCUT2D eigenvalue weighted by Crippen LogP contribution is -1.98. The highest BCUT2D eigenvalue weighted by Gasteiger charge is 2.09. The lowest BCUT2D eigenvalue weighted by Gasteiger charge is -1.93. The molecule has 0 N–H and O–H groups in total. The average Bonchev–Trinajstić information content (AvgIpc) is 1.36. The second-order valence-corrected chi connectivity index (χ2v) is 4.71. The van der Waals surface area contributed by atoms with Crippen molar-refractivity contribution in [3.63, 3.8) is 0 Å². The van der Waals surface area contributed by atoms with Crippen LogP contribution in [0.25, 0.3) is 0 Å². The summed E-state index contributed by atoms with van der Waals surface area (Å²) in [7, 11) is 0. The number of halogens is 4. The van der Waals surface area contributed by atoms with E-state index in [0.717, 1.165) is 0 Å². The Kier molecular flexibility index (Phi) is 3.68. The molecule has 0 heterocycles. The molecule has 0 aromatic heterocycles. The van der Waals surface area contributed by atoms with Gasteiger partial charge in [0.15, 0.2) is 0 Å². The molecule has 0 nitrogen and oxygen atoms in total. The molecule has 0 rings (SSSR count). The lowest BCUT2D eigenvalue weighted by atomic mass is 10.9. The van der Waals surface area contributed by atoms with Crippen molar-refractivity contribution < 1.29 is 8.78 Å². The molecule has 6 heavy (non-hydrogen) atoms. The van der Waals surface area contributed by atoms with Gasteiger partial charge in [-0.05, 0) is 0 Å². The fraction of sp³-hybridized carbons (Fsp3) is 1.00. The highest BCUT2D eigenvalue weighted by atomic mass is 127. The van der Waals surface area contributed by atoms with E-state index in [0.29, 0.717) is 0 Å². The summed E-state index contributed by atoms with van der Waals surface area (Å²) in [5.41, 5.74) is 0. The molecule has 0 amide bonds. The number of hydrogen-bond acceptors (Lipinski definition) is 0. The van der Waals surface area contributed by atoms with E-state index in [-0.39, 0.29) is 0 Å². The molecule has 1 atom stereocenters. The van der Waals surface area contributed by atoms with Gasteiger partial charge in [0.1, 0.15) is 2.83 Å². The first-order valence-corrected chi connectivity index (χ1v) is 3.37. The van der Waals surface area contributed by atoms with E-state index in [2.05, 4.69) is 15.9 Å². The first-order valence-electron chi connectivity index (χ1n) is 1.21. The third-order valence-corrected chi connectivity index (χ3v) is 1.13. The molecule has 0 aliphatic rings. The van der Waals surface area contributed by atoms with Crippen LogP contribution in [0.1, 0.15) is 0 Å². The molecule has 0 aromatic rings. The standard InChI is InChI=1S/C2H2BrF2I/c3-1(6)2(4)5/h1-2H. The molecule has 0 aliphatic heterocycles. The Morgan fingerprint density at radius 1 is 1.50 bits per heavy atom. The minimum absolute atomic E-state index is 0.699. The highest BCUT2D eigenvalue weighted by molar-refractivity contribution is 14.1. The van der Waals surface area contributed by atoms with Gasteiger partial charge in [0.25, 0.3) is 6.43 Å². The van der Waals surface area contributed by atoms with Crippen molar-refractivity contribution in [3.8, 4) is 0 Å². The van der Waals surface area contributed by atoms with E-state index in [1.165, 1.54) is 0 Å². The Hall–Kier alpha value is 1.07. The van der Waals surface area contributed by atoms with Crippen LogP contribution < -0.4 is 0 Å². The average molecular weight is 271 g/mol. The van der Waals surface area contributed by atoms with Crippen molar-refractivity contribution in [1.29, 1.82) is 0 Å². The molecule has 1 unspecified atom stereocenters. The zero-order chi connectivity index (χ0) is 5.15. The predicted octanol–water partition coefficient (Wildman–Crippen LogP) is 2.41. The number of rotatable bonds is 1. The molecular formula is C2H2BrF2I. The van der Waals surface area contributed by atoms with Gasteiger partial charge in [0.2, 0.25) is 0 Å². The van der Waals surface area contributed by atoms with Gasteiger partial charge in [-0.1, -0.05) is 38.5 Å². The van der Waals surface area contributed by atoms with E-state index in [1.54, 1.807) is 22.6 Å². The van der Waals surface area contributed by atoms with Gasteiger partial charge >= 0.3 is 0 Å². The summed E-state index contributed by atoms with van der Waals surface area (Å²) in [5, 5.41) is 0. The van der Waals surface area contributed by atoms with Gasteiger partial charge in [0.05, 0.1) is 0 Å². The van der Waals surface area contributed by atoms with Gasteiger partial charge < -0.3 is 0 Å². The quantitative estimate of drug-likeness (QED) is 0.507. The zero-order valence-corrected chi connectivity index (χ0v) is 6.41. The summed E-state index contributed by atoms with van der Waals surface area (Å²) in [6, 6.07) is 0. The third kappa shape index (κ3) is 3.27. The van der Waals surface area contributed by atoms with Crippen molar-refractivity contribution in [1.82, 2.24) is 0 Å². The van der Waals surface area contributed by atoms with Crippen LogP contribution in [0.4, 0.5) is 8.78 Å². The highest BCUT2D eigenvalue weighted by Crippen LogP contribution is 2.16. The van der Waals surface area contributed by atoms with Crippen molar-refractivity contribution in [2.24, 2.45) is 0 Å². The van der Waals surface area contributed by atoms with Crippen LogP contribution in [0.5, 0.6) is 0 Å². The topological polar surface area (TPSA) is 0 Å². The maximum atomic E-state index is 11.1. The fourth-order valence-corrected chi connectivity index (χ4v) is 0. The molecule has 0 saturated carbocycles. The minimum atomic E-state index is -2.24. The van der Waals surface area contributed by atoms with E-state index in [4.69, 9.17) is 0 Å². The van der Waals surface area contributed by atoms with Crippen molar-refractivity contribution in [3.05, 3.63) is 0 Å². The summed E-state index contributed by atoms with van der Waals surface area (Å²) in [5.74, 6) is 0. The largest absolute Gasteiger partial charge is 0.259 e. The summed E-state index contributed by atoms with van der Waals surface area (Å²) < 4.78 is 21.5. The smallest absolute Gasteiger partial charge is 0.208 e. The summed E-state index contributed by atoms with van der Waals surface area (Å²) in [4.78, 5) is 0. The van der Waals surface area contributed by atoms with E-state index in [9.17, 15) is 8.78 Å². The summed E-state index contributed by atoms with van der Waals surface area (Å²) >= 11 is 4.27. The molecule has 4 heteroatoms. The molecule has 0 aliphatic carbocycles. The Morgan fingerprint density at radius 2 is 1.67 bits per heavy atom. The normalized spacial score (nSPS) is 15.5. The summed E-state index contributed by atoms with van der Waals surface area (Å²) in [6.45, 7) is 0. The third-order valence-electron chi connectivity index (χ3n) is 0.190. The molecule has 0 aromatic carbocycles. The number of hydrogen-bond donors (Lipinski definition) is 0. The molecule has 0 saturated heterocycles. The monoisotopic (exact) mass is 270 g/mol. The lowest BCUT2D eigenvalue weighted by molar-refractivity contribution is 0.173. The van der Waals surface area contributed by atoms with Crippen LogP contribution in [-0.2, 0) is 0 Å². The maximum absolute atomic E-state index is 11.1. The van der Waals surface area contributed by atoms with Crippen LogP contribution in [0.15, 0.2) is 0 Å². The van der Waals surface area contributed by atoms with E-state index < -0.39 is 9.26 Å². The first kappa shape index (κ1) is 7.07. The fourth-order valence-electron chi connectivity index (χ4n) is 0. The minimum Gasteiger partial charge on any atom is -0.208 e. The Morgan fingerprint density at radius 3 is 1.67 bits per heavy atom. The van der Waals surface area contributed by atoms with Gasteiger partial charge in [-0.25, -0.2) is 8.78 Å². The van der Waals surface area contributed by atoms with Crippen molar-refractivity contribution in [2.45, 2.75) is 9.26 Å². The molecule has 0 fully saturated rings. The second kappa shape index (κ2) is 3.12. The number of alkyl halides is 4. The second-order valence-electron chi connectivity index (χ2n) is 0.669. The van der Waals surface area contributed by atoms with E-state index in [1.807, 2.05) is 0 Å². The van der Waals surface area contributed by atoms with Crippen LogP contribution in [0.3, 0.4) is 0 Å². The van der Waals surface area contributed by atoms with Crippen LogP contribution in [0.2, 0.25) is 0 Å². The first-order chi connectivity index (χ1) is 2.64. The Bertz CT molecular complexity index is 32.5. The van der Waals surface area contributed by atoms with Gasteiger partial charge in [0, 0.05) is 0 Å². The summed E-state index contributed by atoms with van der Waals surface area (Å²) in [6.07, 6.45) is -2.24. The molecule has 38 valence electrons. The SMILES string of the molecule is FC(F)C(Br)I. The Labute approximate surface area is 56.6 Å². The van der Waals surface area contributed by atoms with Gasteiger partial charge in [-0.15, -0.1) is 0 Å². The van der Waals surface area contributed by atoms with Crippen LogP contribution in [-0.4, -0.2) is 9.26 Å². The van der Waals surface area contributed by atoms with Crippen LogP contribution >= 0.6 is 38.5 Å². The zero-order valence-electron chi connectivity index (χ0n) is 2.67. The molecule has 0 spiro atoms. The van der Waals surface area contributed by atoms with Gasteiger partial charge in [-0.3, -0.25) is 0 Å². The Balaban J connectivity index is 2.99. The maximum Gasteiger partial charge on any atom is 0.259 e.